The van der Waals surface area contributed by atoms with Gasteiger partial charge in [-0.1, -0.05) is 19.1 Å². The first-order valence-corrected chi connectivity index (χ1v) is 8.46. The zero-order valence-electron chi connectivity index (χ0n) is 11.7. The molecule has 1 aromatic carbocycles. The van der Waals surface area contributed by atoms with Crippen LogP contribution in [-0.2, 0) is 16.6 Å². The highest BCUT2D eigenvalue weighted by molar-refractivity contribution is 7.89. The van der Waals surface area contributed by atoms with Crippen LogP contribution in [0.1, 0.15) is 25.3 Å². The molecule has 5 nitrogen and oxygen atoms in total. The van der Waals surface area contributed by atoms with Gasteiger partial charge in [-0.05, 0) is 37.1 Å². The molecule has 0 amide bonds. The molecule has 0 radical (unpaired) electrons. The minimum atomic E-state index is -3.46. The topological polar surface area (TPSA) is 69.6 Å². The van der Waals surface area contributed by atoms with E-state index in [1.54, 1.807) is 12.1 Å². The second-order valence-corrected chi connectivity index (χ2v) is 7.06. The highest BCUT2D eigenvalue weighted by Crippen LogP contribution is 2.21. The van der Waals surface area contributed by atoms with Crippen molar-refractivity contribution in [1.82, 2.24) is 9.62 Å². The zero-order chi connectivity index (χ0) is 14.6. The molecule has 1 heterocycles. The number of hydrogen-bond acceptors (Lipinski definition) is 4. The molecule has 1 aliphatic rings. The van der Waals surface area contributed by atoms with E-state index in [1.807, 2.05) is 12.1 Å². The van der Waals surface area contributed by atoms with Crippen molar-refractivity contribution in [3.05, 3.63) is 29.8 Å². The molecule has 1 atom stereocenters. The van der Waals surface area contributed by atoms with Gasteiger partial charge in [0.2, 0.25) is 10.0 Å². The van der Waals surface area contributed by atoms with Gasteiger partial charge in [-0.2, -0.15) is 4.31 Å². The molecule has 1 saturated heterocycles. The number of rotatable bonds is 6. The maximum Gasteiger partial charge on any atom is 0.243 e. The Morgan fingerprint density at radius 2 is 2.05 bits per heavy atom. The maximum atomic E-state index is 12.4. The third kappa shape index (κ3) is 3.58. The van der Waals surface area contributed by atoms with E-state index in [0.29, 0.717) is 17.9 Å². The van der Waals surface area contributed by atoms with Gasteiger partial charge in [0.25, 0.3) is 0 Å². The van der Waals surface area contributed by atoms with Crippen LogP contribution in [0.5, 0.6) is 0 Å². The van der Waals surface area contributed by atoms with Gasteiger partial charge < -0.3 is 10.4 Å². The highest BCUT2D eigenvalue weighted by atomic mass is 32.2. The van der Waals surface area contributed by atoms with Gasteiger partial charge in [0.05, 0.1) is 11.0 Å². The Kier molecular flexibility index (Phi) is 5.15. The summed E-state index contributed by atoms with van der Waals surface area (Å²) in [5.41, 5.74) is 1.07. The molecule has 0 aliphatic carbocycles. The summed E-state index contributed by atoms with van der Waals surface area (Å²) in [5.74, 6) is 0. The SMILES string of the molecule is CCCNCc1ccc(S(=O)(=O)N2CCC(O)C2)cc1. The summed E-state index contributed by atoms with van der Waals surface area (Å²) < 4.78 is 26.1. The molecular weight excluding hydrogens is 276 g/mol. The van der Waals surface area contributed by atoms with Crippen LogP contribution in [0.15, 0.2) is 29.2 Å². The summed E-state index contributed by atoms with van der Waals surface area (Å²) in [5, 5.41) is 12.7. The Labute approximate surface area is 120 Å². The van der Waals surface area contributed by atoms with Crippen LogP contribution in [0.4, 0.5) is 0 Å². The number of nitrogens with one attached hydrogen (secondary N) is 1. The van der Waals surface area contributed by atoms with E-state index in [0.717, 1.165) is 25.1 Å². The highest BCUT2D eigenvalue weighted by Gasteiger charge is 2.31. The van der Waals surface area contributed by atoms with E-state index < -0.39 is 16.1 Å². The van der Waals surface area contributed by atoms with Crippen molar-refractivity contribution < 1.29 is 13.5 Å². The molecule has 2 rings (SSSR count). The van der Waals surface area contributed by atoms with Gasteiger partial charge in [-0.25, -0.2) is 8.42 Å². The van der Waals surface area contributed by atoms with Gasteiger partial charge in [0.15, 0.2) is 0 Å². The molecule has 1 aliphatic heterocycles. The lowest BCUT2D eigenvalue weighted by atomic mass is 10.2. The van der Waals surface area contributed by atoms with Crippen molar-refractivity contribution in [3.8, 4) is 0 Å². The molecule has 1 unspecified atom stereocenters. The van der Waals surface area contributed by atoms with Crippen LogP contribution in [0.3, 0.4) is 0 Å². The molecule has 20 heavy (non-hydrogen) atoms. The minimum Gasteiger partial charge on any atom is -0.392 e. The molecule has 0 spiro atoms. The Morgan fingerprint density at radius 3 is 2.60 bits per heavy atom. The normalized spacial score (nSPS) is 20.4. The first kappa shape index (κ1) is 15.4. The number of sulfonamides is 1. The molecular formula is C14H22N2O3S. The lowest BCUT2D eigenvalue weighted by Gasteiger charge is -2.16. The first-order chi connectivity index (χ1) is 9.54. The van der Waals surface area contributed by atoms with Gasteiger partial charge in [0.1, 0.15) is 0 Å². The zero-order valence-corrected chi connectivity index (χ0v) is 12.6. The van der Waals surface area contributed by atoms with Gasteiger partial charge in [0, 0.05) is 19.6 Å². The van der Waals surface area contributed by atoms with Crippen molar-refractivity contribution in [3.63, 3.8) is 0 Å². The van der Waals surface area contributed by atoms with Crippen molar-refractivity contribution in [2.45, 2.75) is 37.3 Å². The van der Waals surface area contributed by atoms with E-state index in [9.17, 15) is 13.5 Å². The number of aliphatic hydroxyl groups is 1. The fraction of sp³-hybridized carbons (Fsp3) is 0.571. The molecule has 0 bridgehead atoms. The largest absolute Gasteiger partial charge is 0.392 e. The first-order valence-electron chi connectivity index (χ1n) is 7.02. The molecule has 0 saturated carbocycles. The summed E-state index contributed by atoms with van der Waals surface area (Å²) in [7, 11) is -3.46. The maximum absolute atomic E-state index is 12.4. The quantitative estimate of drug-likeness (QED) is 0.767. The monoisotopic (exact) mass is 298 g/mol. The van der Waals surface area contributed by atoms with E-state index >= 15 is 0 Å². The molecule has 1 aromatic rings. The van der Waals surface area contributed by atoms with Gasteiger partial charge in [-0.15, -0.1) is 0 Å². The smallest absolute Gasteiger partial charge is 0.243 e. The third-order valence-corrected chi connectivity index (χ3v) is 5.32. The second kappa shape index (κ2) is 6.67. The number of benzene rings is 1. The Balaban J connectivity index is 2.05. The number of β-amino-alcohol motifs (C(OH)–C–C–N with tert-alkyl or cyclic N) is 1. The van der Waals surface area contributed by atoms with E-state index in [4.69, 9.17) is 0 Å². The van der Waals surface area contributed by atoms with Crippen LogP contribution in [-0.4, -0.2) is 43.6 Å². The fourth-order valence-electron chi connectivity index (χ4n) is 2.27. The molecule has 2 N–H and O–H groups in total. The molecule has 6 heteroatoms. The van der Waals surface area contributed by atoms with Gasteiger partial charge in [-0.3, -0.25) is 0 Å². The van der Waals surface area contributed by atoms with Crippen LogP contribution in [0.25, 0.3) is 0 Å². The van der Waals surface area contributed by atoms with E-state index in [2.05, 4.69) is 12.2 Å². The Morgan fingerprint density at radius 1 is 1.35 bits per heavy atom. The van der Waals surface area contributed by atoms with E-state index in [1.165, 1.54) is 4.31 Å². The van der Waals surface area contributed by atoms with Crippen molar-refractivity contribution in [1.29, 1.82) is 0 Å². The van der Waals surface area contributed by atoms with Crippen molar-refractivity contribution in [2.75, 3.05) is 19.6 Å². The molecule has 112 valence electrons. The van der Waals surface area contributed by atoms with Crippen LogP contribution >= 0.6 is 0 Å². The standard InChI is InChI=1S/C14H22N2O3S/c1-2-8-15-10-12-3-5-14(6-4-12)20(18,19)16-9-7-13(17)11-16/h3-6,13,15,17H,2,7-11H2,1H3. The Hall–Kier alpha value is -0.950. The van der Waals surface area contributed by atoms with Crippen LogP contribution < -0.4 is 5.32 Å². The number of aliphatic hydroxyl groups excluding tert-OH is 1. The Bertz CT molecular complexity index is 528. The summed E-state index contributed by atoms with van der Waals surface area (Å²) >= 11 is 0. The molecule has 0 aromatic heterocycles. The average Bonchev–Trinajstić information content (AvgIpc) is 2.87. The predicted octanol–water partition coefficient (Wildman–Crippen LogP) is 0.941. The fourth-order valence-corrected chi connectivity index (χ4v) is 3.76. The van der Waals surface area contributed by atoms with Crippen LogP contribution in [0, 0.1) is 0 Å². The average molecular weight is 298 g/mol. The van der Waals surface area contributed by atoms with Crippen molar-refractivity contribution >= 4 is 10.0 Å². The second-order valence-electron chi connectivity index (χ2n) is 5.13. The van der Waals surface area contributed by atoms with Gasteiger partial charge >= 0.3 is 0 Å². The third-order valence-electron chi connectivity index (χ3n) is 3.44. The number of hydrogen-bond donors (Lipinski definition) is 2. The minimum absolute atomic E-state index is 0.197. The summed E-state index contributed by atoms with van der Waals surface area (Å²) in [6.07, 6.45) is 1.05. The number of nitrogens with zero attached hydrogens (tertiary/aromatic N) is 1. The van der Waals surface area contributed by atoms with Crippen LogP contribution in [0.2, 0.25) is 0 Å². The lowest BCUT2D eigenvalue weighted by Crippen LogP contribution is -2.29. The lowest BCUT2D eigenvalue weighted by molar-refractivity contribution is 0.189. The summed E-state index contributed by atoms with van der Waals surface area (Å²) in [6, 6.07) is 6.95. The predicted molar refractivity (Wildman–Crippen MR) is 77.8 cm³/mol. The molecule has 1 fully saturated rings. The summed E-state index contributed by atoms with van der Waals surface area (Å²) in [6.45, 7) is 4.39. The summed E-state index contributed by atoms with van der Waals surface area (Å²) in [4.78, 5) is 0.297. The van der Waals surface area contributed by atoms with E-state index in [-0.39, 0.29) is 6.54 Å². The van der Waals surface area contributed by atoms with Crippen molar-refractivity contribution in [2.24, 2.45) is 0 Å².